The molecule has 2 heterocycles. The summed E-state index contributed by atoms with van der Waals surface area (Å²) in [5.41, 5.74) is -2.67. The first-order chi connectivity index (χ1) is 18.0. The van der Waals surface area contributed by atoms with Crippen molar-refractivity contribution in [2.45, 2.75) is 67.9 Å². The number of nitrogens with zero attached hydrogens (tertiary/aromatic N) is 3. The Hall–Kier alpha value is -3.40. The highest BCUT2D eigenvalue weighted by atomic mass is 32.2. The van der Waals surface area contributed by atoms with E-state index in [2.05, 4.69) is 10.2 Å². The number of aliphatic hydroxyl groups is 1. The van der Waals surface area contributed by atoms with E-state index in [1.54, 1.807) is 37.3 Å². The van der Waals surface area contributed by atoms with E-state index in [1.165, 1.54) is 4.31 Å². The van der Waals surface area contributed by atoms with Crippen molar-refractivity contribution in [3.8, 4) is 6.07 Å². The van der Waals surface area contributed by atoms with E-state index >= 15 is 8.78 Å². The largest absolute Gasteiger partial charge is 0.434 e. The molecule has 3 aromatic rings. The minimum atomic E-state index is -3.87. The molecular weight excluding hydrogens is 518 g/mol. The zero-order valence-corrected chi connectivity index (χ0v) is 21.3. The summed E-state index contributed by atoms with van der Waals surface area (Å²) in [6, 6.07) is 12.1. The zero-order valence-electron chi connectivity index (χ0n) is 20.5. The highest BCUT2D eigenvalue weighted by Gasteiger charge is 2.60. The van der Waals surface area contributed by atoms with Crippen LogP contribution in [0.1, 0.15) is 66.9 Å². The van der Waals surface area contributed by atoms with Crippen LogP contribution in [-0.4, -0.2) is 39.7 Å². The van der Waals surface area contributed by atoms with Crippen LogP contribution in [0.4, 0.5) is 8.78 Å². The van der Waals surface area contributed by atoms with Crippen LogP contribution in [-0.2, 0) is 22.0 Å². The second-order valence-corrected chi connectivity index (χ2v) is 12.3. The van der Waals surface area contributed by atoms with Gasteiger partial charge in [-0.3, -0.25) is 0 Å². The molecule has 1 aliphatic carbocycles. The Bertz CT molecular complexity index is 1560. The molecule has 1 saturated heterocycles. The molecule has 200 valence electrons. The van der Waals surface area contributed by atoms with Gasteiger partial charge in [0, 0.05) is 23.7 Å². The molecule has 0 bridgehead atoms. The van der Waals surface area contributed by atoms with Crippen LogP contribution in [0.3, 0.4) is 0 Å². The Morgan fingerprint density at radius 2 is 1.92 bits per heavy atom. The van der Waals surface area contributed by atoms with Crippen LogP contribution >= 0.6 is 0 Å². The second-order valence-electron chi connectivity index (χ2n) is 10.3. The molecule has 38 heavy (non-hydrogen) atoms. The fourth-order valence-corrected chi connectivity index (χ4v) is 8.02. The SMILES string of the molecule is C[C@H]1CC[C@H](c2ccccc2)S(=O)(=O)N1Cc1cc(F)c(C2(c3n[nH]c(=O)o3)CC(O)(CC#N)C2)cc1F. The van der Waals surface area contributed by atoms with Crippen LogP contribution in [0.5, 0.6) is 0 Å². The van der Waals surface area contributed by atoms with Crippen LogP contribution in [0.25, 0.3) is 0 Å². The monoisotopic (exact) mass is 544 g/mol. The standard InChI is InChI=1S/C26H26F2N4O5S/c1-16-7-8-22(17-5-3-2-4-6-17)38(35,36)32(16)13-18-11-21(28)19(12-20(18)27)26(23-30-31-24(33)37-23)14-25(34,15-26)9-10-29/h2-6,11-12,16,22,34H,7-9,13-15H2,1H3,(H,31,33)/t16-,22+,25?,26?/m0/s1. The summed E-state index contributed by atoms with van der Waals surface area (Å²) >= 11 is 0. The lowest BCUT2D eigenvalue weighted by atomic mass is 9.55. The van der Waals surface area contributed by atoms with E-state index in [-0.39, 0.29) is 42.8 Å². The third-order valence-corrected chi connectivity index (χ3v) is 10.1. The third-order valence-electron chi connectivity index (χ3n) is 7.69. The van der Waals surface area contributed by atoms with Gasteiger partial charge in [0.05, 0.1) is 23.5 Å². The summed E-state index contributed by atoms with van der Waals surface area (Å²) in [6.07, 6.45) is 0.294. The van der Waals surface area contributed by atoms with Gasteiger partial charge in [0.15, 0.2) is 0 Å². The normalized spacial score (nSPS) is 28.9. The van der Waals surface area contributed by atoms with Gasteiger partial charge in [0.2, 0.25) is 15.9 Å². The first-order valence-electron chi connectivity index (χ1n) is 12.2. The van der Waals surface area contributed by atoms with Gasteiger partial charge in [0.1, 0.15) is 16.9 Å². The molecule has 2 fully saturated rings. The predicted octanol–water partition coefficient (Wildman–Crippen LogP) is 3.42. The molecular formula is C26H26F2N4O5S. The molecule has 12 heteroatoms. The van der Waals surface area contributed by atoms with Crippen molar-refractivity contribution in [3.05, 3.63) is 87.2 Å². The van der Waals surface area contributed by atoms with Gasteiger partial charge in [0.25, 0.3) is 0 Å². The van der Waals surface area contributed by atoms with E-state index in [9.17, 15) is 18.3 Å². The number of sulfonamides is 1. The molecule has 1 aromatic heterocycles. The molecule has 5 rings (SSSR count). The number of benzene rings is 2. The molecule has 0 amide bonds. The van der Waals surface area contributed by atoms with Gasteiger partial charge in [-0.2, -0.15) is 9.57 Å². The molecule has 1 saturated carbocycles. The summed E-state index contributed by atoms with van der Waals surface area (Å²) in [5, 5.41) is 24.8. The number of H-pyrrole nitrogens is 1. The second kappa shape index (κ2) is 9.41. The summed E-state index contributed by atoms with van der Waals surface area (Å²) in [5.74, 6) is -2.84. The number of nitriles is 1. The molecule has 2 aliphatic rings. The minimum absolute atomic E-state index is 0.152. The zero-order chi connectivity index (χ0) is 27.3. The van der Waals surface area contributed by atoms with Crippen LogP contribution < -0.4 is 5.76 Å². The maximum atomic E-state index is 15.6. The minimum Gasteiger partial charge on any atom is -0.391 e. The molecule has 2 atom stereocenters. The van der Waals surface area contributed by atoms with Gasteiger partial charge >= 0.3 is 5.76 Å². The maximum absolute atomic E-state index is 15.6. The Kier molecular flexibility index (Phi) is 6.49. The molecule has 0 spiro atoms. The molecule has 0 unspecified atom stereocenters. The number of rotatable bonds is 6. The Morgan fingerprint density at radius 1 is 1.21 bits per heavy atom. The first-order valence-corrected chi connectivity index (χ1v) is 13.7. The molecule has 1 aliphatic heterocycles. The van der Waals surface area contributed by atoms with E-state index < -0.39 is 49.7 Å². The van der Waals surface area contributed by atoms with Crippen LogP contribution in [0, 0.1) is 23.0 Å². The molecule has 2 N–H and O–H groups in total. The molecule has 0 radical (unpaired) electrons. The summed E-state index contributed by atoms with van der Waals surface area (Å²) in [4.78, 5) is 11.6. The topological polar surface area (TPSA) is 140 Å². The molecule has 2 aromatic carbocycles. The van der Waals surface area contributed by atoms with Crippen molar-refractivity contribution in [1.82, 2.24) is 14.5 Å². The number of aromatic nitrogens is 2. The van der Waals surface area contributed by atoms with Crippen molar-refractivity contribution in [2.24, 2.45) is 0 Å². The van der Waals surface area contributed by atoms with E-state index in [1.807, 2.05) is 6.07 Å². The Morgan fingerprint density at radius 3 is 2.55 bits per heavy atom. The number of aromatic amines is 1. The highest BCUT2D eigenvalue weighted by Crippen LogP contribution is 2.55. The molecule has 9 nitrogen and oxygen atoms in total. The highest BCUT2D eigenvalue weighted by molar-refractivity contribution is 7.89. The summed E-state index contributed by atoms with van der Waals surface area (Å²) in [6.45, 7) is 1.37. The first kappa shape index (κ1) is 26.2. The van der Waals surface area contributed by atoms with Crippen LogP contribution in [0.15, 0.2) is 51.7 Å². The van der Waals surface area contributed by atoms with Crippen LogP contribution in [0.2, 0.25) is 0 Å². The quantitative estimate of drug-likeness (QED) is 0.485. The lowest BCUT2D eigenvalue weighted by Crippen LogP contribution is -2.55. The van der Waals surface area contributed by atoms with Gasteiger partial charge in [-0.25, -0.2) is 27.1 Å². The lowest BCUT2D eigenvalue weighted by Gasteiger charge is -2.50. The van der Waals surface area contributed by atoms with Crippen molar-refractivity contribution >= 4 is 10.0 Å². The average molecular weight is 545 g/mol. The van der Waals surface area contributed by atoms with Gasteiger partial charge in [-0.15, -0.1) is 5.10 Å². The summed E-state index contributed by atoms with van der Waals surface area (Å²) < 4.78 is 64.5. The van der Waals surface area contributed by atoms with Gasteiger partial charge < -0.3 is 9.52 Å². The van der Waals surface area contributed by atoms with Gasteiger partial charge in [-0.1, -0.05) is 30.3 Å². The fourth-order valence-electron chi connectivity index (χ4n) is 5.83. The lowest BCUT2D eigenvalue weighted by molar-refractivity contribution is -0.0819. The maximum Gasteiger partial charge on any atom is 0.434 e. The van der Waals surface area contributed by atoms with Crippen molar-refractivity contribution < 1.29 is 26.7 Å². The van der Waals surface area contributed by atoms with Gasteiger partial charge in [-0.05, 0) is 50.3 Å². The van der Waals surface area contributed by atoms with Crippen molar-refractivity contribution in [2.75, 3.05) is 0 Å². The Labute approximate surface area is 217 Å². The summed E-state index contributed by atoms with van der Waals surface area (Å²) in [7, 11) is -3.87. The average Bonchev–Trinajstić information content (AvgIpc) is 3.29. The number of nitrogens with one attached hydrogen (secondary N) is 1. The van der Waals surface area contributed by atoms with Crippen molar-refractivity contribution in [1.29, 1.82) is 5.26 Å². The number of halogens is 2. The smallest absolute Gasteiger partial charge is 0.391 e. The number of hydrogen-bond donors (Lipinski definition) is 2. The van der Waals surface area contributed by atoms with E-state index in [4.69, 9.17) is 9.68 Å². The third kappa shape index (κ3) is 4.34. The Balaban J connectivity index is 1.49. The fraction of sp³-hybridized carbons (Fsp3) is 0.423. The van der Waals surface area contributed by atoms with E-state index in [0.717, 1.165) is 12.1 Å². The van der Waals surface area contributed by atoms with Crippen molar-refractivity contribution in [3.63, 3.8) is 0 Å². The number of hydrogen-bond acceptors (Lipinski definition) is 7. The predicted molar refractivity (Wildman–Crippen MR) is 131 cm³/mol. The van der Waals surface area contributed by atoms with E-state index in [0.29, 0.717) is 18.4 Å².